The van der Waals surface area contributed by atoms with Gasteiger partial charge in [0.15, 0.2) is 0 Å². The maximum atomic E-state index is 6.25. The Morgan fingerprint density at radius 3 is 2.72 bits per heavy atom. The van der Waals surface area contributed by atoms with Gasteiger partial charge in [0.25, 0.3) is 0 Å². The molecule has 0 aliphatic carbocycles. The van der Waals surface area contributed by atoms with Crippen LogP contribution in [0.1, 0.15) is 20.8 Å². The van der Waals surface area contributed by atoms with Crippen LogP contribution < -0.4 is 5.32 Å². The zero-order chi connectivity index (χ0) is 13.1. The van der Waals surface area contributed by atoms with Crippen molar-refractivity contribution in [3.05, 3.63) is 35.5 Å². The van der Waals surface area contributed by atoms with Crippen LogP contribution in [0.3, 0.4) is 0 Å². The van der Waals surface area contributed by atoms with Crippen molar-refractivity contribution >= 4 is 22.5 Å². The SMILES string of the molecule is CC(C)C(C)NCCn1ccc2cccc(Cl)c21. The fourth-order valence-electron chi connectivity index (χ4n) is 2.05. The summed E-state index contributed by atoms with van der Waals surface area (Å²) in [6.45, 7) is 8.61. The van der Waals surface area contributed by atoms with Gasteiger partial charge in [-0.3, -0.25) is 0 Å². The molecule has 98 valence electrons. The largest absolute Gasteiger partial charge is 0.345 e. The first-order valence-electron chi connectivity index (χ1n) is 6.56. The number of benzene rings is 1. The molecule has 0 fully saturated rings. The second kappa shape index (κ2) is 5.77. The Hall–Kier alpha value is -0.990. The molecule has 1 aromatic carbocycles. The fourth-order valence-corrected chi connectivity index (χ4v) is 2.34. The van der Waals surface area contributed by atoms with Crippen molar-refractivity contribution in [2.45, 2.75) is 33.4 Å². The lowest BCUT2D eigenvalue weighted by atomic mass is 10.1. The van der Waals surface area contributed by atoms with Crippen LogP contribution in [0.15, 0.2) is 30.5 Å². The average Bonchev–Trinajstić information content (AvgIpc) is 2.73. The lowest BCUT2D eigenvalue weighted by molar-refractivity contribution is 0.418. The first-order valence-corrected chi connectivity index (χ1v) is 6.94. The van der Waals surface area contributed by atoms with Crippen LogP contribution in [0, 0.1) is 5.92 Å². The summed E-state index contributed by atoms with van der Waals surface area (Å²) >= 11 is 6.25. The summed E-state index contributed by atoms with van der Waals surface area (Å²) in [6.07, 6.45) is 2.11. The summed E-state index contributed by atoms with van der Waals surface area (Å²) < 4.78 is 2.22. The summed E-state index contributed by atoms with van der Waals surface area (Å²) in [6, 6.07) is 8.70. The van der Waals surface area contributed by atoms with Crippen LogP contribution in [0.4, 0.5) is 0 Å². The van der Waals surface area contributed by atoms with Gasteiger partial charge in [0.2, 0.25) is 0 Å². The number of hydrogen-bond acceptors (Lipinski definition) is 1. The van der Waals surface area contributed by atoms with E-state index in [1.54, 1.807) is 0 Å². The summed E-state index contributed by atoms with van der Waals surface area (Å²) in [5.74, 6) is 0.662. The molecule has 3 heteroatoms. The van der Waals surface area contributed by atoms with E-state index in [0.29, 0.717) is 12.0 Å². The number of para-hydroxylation sites is 1. The second-order valence-electron chi connectivity index (χ2n) is 5.17. The highest BCUT2D eigenvalue weighted by molar-refractivity contribution is 6.35. The predicted octanol–water partition coefficient (Wildman–Crippen LogP) is 3.93. The van der Waals surface area contributed by atoms with Crippen LogP contribution in [0.2, 0.25) is 5.02 Å². The zero-order valence-corrected chi connectivity index (χ0v) is 12.0. The van der Waals surface area contributed by atoms with Crippen LogP contribution >= 0.6 is 11.6 Å². The molecule has 18 heavy (non-hydrogen) atoms. The number of hydrogen-bond donors (Lipinski definition) is 1. The Bertz CT molecular complexity index is 516. The van der Waals surface area contributed by atoms with E-state index in [2.05, 4.69) is 49.0 Å². The Balaban J connectivity index is 2.04. The highest BCUT2D eigenvalue weighted by atomic mass is 35.5. The minimum atomic E-state index is 0.544. The van der Waals surface area contributed by atoms with Crippen molar-refractivity contribution in [1.82, 2.24) is 9.88 Å². The van der Waals surface area contributed by atoms with Gasteiger partial charge >= 0.3 is 0 Å². The van der Waals surface area contributed by atoms with Crippen LogP contribution in [0.25, 0.3) is 10.9 Å². The lowest BCUT2D eigenvalue weighted by Crippen LogP contribution is -2.33. The minimum absolute atomic E-state index is 0.544. The van der Waals surface area contributed by atoms with Gasteiger partial charge in [0.1, 0.15) is 0 Å². The normalized spacial score (nSPS) is 13.4. The first kappa shape index (κ1) is 13.4. The molecular weight excluding hydrogens is 244 g/mol. The molecule has 1 heterocycles. The Morgan fingerprint density at radius 1 is 1.22 bits per heavy atom. The predicted molar refractivity (Wildman–Crippen MR) is 79.3 cm³/mol. The highest BCUT2D eigenvalue weighted by Crippen LogP contribution is 2.24. The molecule has 2 rings (SSSR count). The molecule has 0 aliphatic rings. The average molecular weight is 265 g/mol. The maximum Gasteiger partial charge on any atom is 0.0670 e. The van der Waals surface area contributed by atoms with Gasteiger partial charge in [0.05, 0.1) is 10.5 Å². The molecule has 1 unspecified atom stereocenters. The maximum absolute atomic E-state index is 6.25. The highest BCUT2D eigenvalue weighted by Gasteiger charge is 2.07. The molecule has 2 aromatic rings. The van der Waals surface area contributed by atoms with E-state index in [1.165, 1.54) is 5.39 Å². The van der Waals surface area contributed by atoms with Gasteiger partial charge in [-0.2, -0.15) is 0 Å². The monoisotopic (exact) mass is 264 g/mol. The van der Waals surface area contributed by atoms with Crippen molar-refractivity contribution in [1.29, 1.82) is 0 Å². The lowest BCUT2D eigenvalue weighted by Gasteiger charge is -2.17. The van der Waals surface area contributed by atoms with Gasteiger partial charge in [-0.15, -0.1) is 0 Å². The number of fused-ring (bicyclic) bond motifs is 1. The molecule has 1 atom stereocenters. The molecular formula is C15H21ClN2. The van der Waals surface area contributed by atoms with Crippen LogP contribution in [-0.4, -0.2) is 17.2 Å². The molecule has 0 spiro atoms. The van der Waals surface area contributed by atoms with Gasteiger partial charge in [0, 0.05) is 30.7 Å². The van der Waals surface area contributed by atoms with E-state index in [-0.39, 0.29) is 0 Å². The van der Waals surface area contributed by atoms with E-state index in [0.717, 1.165) is 23.6 Å². The first-order chi connectivity index (χ1) is 8.59. The van der Waals surface area contributed by atoms with E-state index < -0.39 is 0 Å². The minimum Gasteiger partial charge on any atom is -0.345 e. The summed E-state index contributed by atoms with van der Waals surface area (Å²) in [5, 5.41) is 5.58. The second-order valence-corrected chi connectivity index (χ2v) is 5.58. The third-order valence-electron chi connectivity index (χ3n) is 3.56. The van der Waals surface area contributed by atoms with E-state index >= 15 is 0 Å². The molecule has 1 aromatic heterocycles. The van der Waals surface area contributed by atoms with Crippen molar-refractivity contribution in [3.8, 4) is 0 Å². The molecule has 0 saturated heterocycles. The van der Waals surface area contributed by atoms with Crippen molar-refractivity contribution in [2.24, 2.45) is 5.92 Å². The van der Waals surface area contributed by atoms with Crippen molar-refractivity contribution in [2.75, 3.05) is 6.54 Å². The van der Waals surface area contributed by atoms with Crippen molar-refractivity contribution in [3.63, 3.8) is 0 Å². The molecule has 0 aliphatic heterocycles. The van der Waals surface area contributed by atoms with Gasteiger partial charge in [-0.1, -0.05) is 37.6 Å². The molecule has 0 amide bonds. The van der Waals surface area contributed by atoms with Gasteiger partial charge < -0.3 is 9.88 Å². The topological polar surface area (TPSA) is 17.0 Å². The number of rotatable bonds is 5. The number of nitrogens with one attached hydrogen (secondary N) is 1. The Kier molecular flexibility index (Phi) is 4.31. The fraction of sp³-hybridized carbons (Fsp3) is 0.467. The zero-order valence-electron chi connectivity index (χ0n) is 11.3. The number of halogens is 1. The quantitative estimate of drug-likeness (QED) is 0.866. The molecule has 0 saturated carbocycles. The van der Waals surface area contributed by atoms with E-state index in [1.807, 2.05) is 12.1 Å². The van der Waals surface area contributed by atoms with Crippen LogP contribution in [0.5, 0.6) is 0 Å². The Labute approximate surface area is 114 Å². The standard InChI is InChI=1S/C15H21ClN2/c1-11(2)12(3)17-8-10-18-9-7-13-5-4-6-14(16)15(13)18/h4-7,9,11-12,17H,8,10H2,1-3H3. The molecule has 2 nitrogen and oxygen atoms in total. The number of aromatic nitrogens is 1. The smallest absolute Gasteiger partial charge is 0.0670 e. The molecule has 0 radical (unpaired) electrons. The van der Waals surface area contributed by atoms with Gasteiger partial charge in [-0.25, -0.2) is 0 Å². The summed E-state index contributed by atoms with van der Waals surface area (Å²) in [5.41, 5.74) is 1.14. The van der Waals surface area contributed by atoms with E-state index in [9.17, 15) is 0 Å². The molecule has 0 bridgehead atoms. The third-order valence-corrected chi connectivity index (χ3v) is 3.86. The third kappa shape index (κ3) is 2.88. The molecule has 1 N–H and O–H groups in total. The van der Waals surface area contributed by atoms with E-state index in [4.69, 9.17) is 11.6 Å². The summed E-state index contributed by atoms with van der Waals surface area (Å²) in [4.78, 5) is 0. The van der Waals surface area contributed by atoms with Crippen molar-refractivity contribution < 1.29 is 0 Å². The summed E-state index contributed by atoms with van der Waals surface area (Å²) in [7, 11) is 0. The Morgan fingerprint density at radius 2 is 2.00 bits per heavy atom. The van der Waals surface area contributed by atoms with Crippen LogP contribution in [-0.2, 0) is 6.54 Å². The van der Waals surface area contributed by atoms with Gasteiger partial charge in [-0.05, 0) is 25.0 Å². The number of nitrogens with zero attached hydrogens (tertiary/aromatic N) is 1.